The first-order valence-corrected chi connectivity index (χ1v) is 7.47. The molecule has 0 saturated heterocycles. The van der Waals surface area contributed by atoms with Crippen LogP contribution < -0.4 is 0 Å². The van der Waals surface area contributed by atoms with E-state index in [1.165, 1.54) is 0 Å². The summed E-state index contributed by atoms with van der Waals surface area (Å²) in [5, 5.41) is 12.4. The summed E-state index contributed by atoms with van der Waals surface area (Å²) < 4.78 is 7.28. The minimum Gasteiger partial charge on any atom is -0.334 e. The largest absolute Gasteiger partial charge is 0.334 e. The van der Waals surface area contributed by atoms with Crippen LogP contribution in [0.2, 0.25) is 0 Å². The first-order chi connectivity index (χ1) is 11.2. The van der Waals surface area contributed by atoms with Crippen molar-refractivity contribution in [1.29, 1.82) is 0 Å². The Bertz CT molecular complexity index is 955. The molecule has 0 spiro atoms. The third kappa shape index (κ3) is 2.38. The molecule has 0 saturated carbocycles. The molecule has 4 aromatic rings. The van der Waals surface area contributed by atoms with E-state index in [4.69, 9.17) is 4.52 Å². The van der Waals surface area contributed by atoms with Crippen molar-refractivity contribution in [2.24, 2.45) is 0 Å². The Labute approximate surface area is 132 Å². The van der Waals surface area contributed by atoms with Gasteiger partial charge in [-0.15, -0.1) is 5.10 Å². The molecule has 114 valence electrons. The van der Waals surface area contributed by atoms with Crippen molar-refractivity contribution in [2.45, 2.75) is 19.9 Å². The van der Waals surface area contributed by atoms with Crippen LogP contribution in [0, 0.1) is 0 Å². The average molecular weight is 305 g/mol. The van der Waals surface area contributed by atoms with E-state index >= 15 is 0 Å². The normalized spacial score (nSPS) is 11.4. The van der Waals surface area contributed by atoms with Gasteiger partial charge in [0.05, 0.1) is 5.52 Å². The quantitative estimate of drug-likeness (QED) is 0.577. The van der Waals surface area contributed by atoms with Crippen LogP contribution in [0.15, 0.2) is 53.1 Å². The van der Waals surface area contributed by atoms with Crippen molar-refractivity contribution < 1.29 is 4.52 Å². The first-order valence-electron chi connectivity index (χ1n) is 7.47. The minimum atomic E-state index is 0.263. The van der Waals surface area contributed by atoms with E-state index in [1.54, 1.807) is 0 Å². The fraction of sp³-hybridized carbons (Fsp3) is 0.176. The summed E-state index contributed by atoms with van der Waals surface area (Å²) in [5.41, 5.74) is 3.57. The van der Waals surface area contributed by atoms with Gasteiger partial charge in [0, 0.05) is 17.2 Å². The molecule has 6 nitrogen and oxygen atoms in total. The van der Waals surface area contributed by atoms with Crippen LogP contribution in [-0.2, 0) is 0 Å². The number of nitrogens with zero attached hydrogens (tertiary/aromatic N) is 5. The lowest BCUT2D eigenvalue weighted by Gasteiger charge is -2.04. The van der Waals surface area contributed by atoms with E-state index in [9.17, 15) is 0 Å². The van der Waals surface area contributed by atoms with Crippen LogP contribution in [0.1, 0.15) is 19.9 Å². The van der Waals surface area contributed by atoms with Crippen LogP contribution in [0.4, 0.5) is 0 Å². The number of hydrogen-bond donors (Lipinski definition) is 0. The van der Waals surface area contributed by atoms with E-state index in [1.807, 2.05) is 53.2 Å². The third-order valence-electron chi connectivity index (χ3n) is 3.67. The Morgan fingerprint density at radius 2 is 1.83 bits per heavy atom. The summed E-state index contributed by atoms with van der Waals surface area (Å²) >= 11 is 0. The van der Waals surface area contributed by atoms with Gasteiger partial charge in [-0.25, -0.2) is 4.68 Å². The van der Waals surface area contributed by atoms with Crippen LogP contribution in [-0.4, -0.2) is 25.1 Å². The molecule has 0 amide bonds. The molecule has 23 heavy (non-hydrogen) atoms. The highest BCUT2D eigenvalue weighted by molar-refractivity contribution is 5.79. The molecule has 0 fully saturated rings. The van der Waals surface area contributed by atoms with Gasteiger partial charge >= 0.3 is 0 Å². The summed E-state index contributed by atoms with van der Waals surface area (Å²) in [5.74, 6) is 1.05. The first kappa shape index (κ1) is 13.6. The molecule has 0 radical (unpaired) electrons. The number of hydrogen-bond acceptors (Lipinski definition) is 5. The molecular weight excluding hydrogens is 290 g/mol. The predicted molar refractivity (Wildman–Crippen MR) is 86.6 cm³/mol. The van der Waals surface area contributed by atoms with E-state index in [2.05, 4.69) is 34.3 Å². The van der Waals surface area contributed by atoms with Crippen molar-refractivity contribution in [3.63, 3.8) is 0 Å². The monoisotopic (exact) mass is 305 g/mol. The fourth-order valence-electron chi connectivity index (χ4n) is 2.50. The van der Waals surface area contributed by atoms with Crippen molar-refractivity contribution in [3.05, 3.63) is 48.5 Å². The zero-order valence-corrected chi connectivity index (χ0v) is 12.8. The molecule has 6 heteroatoms. The van der Waals surface area contributed by atoms with Gasteiger partial charge in [0.1, 0.15) is 5.52 Å². The second-order valence-electron chi connectivity index (χ2n) is 5.62. The molecule has 0 bridgehead atoms. The summed E-state index contributed by atoms with van der Waals surface area (Å²) in [6.45, 7) is 4.15. The Kier molecular flexibility index (Phi) is 3.15. The average Bonchev–Trinajstić information content (AvgIpc) is 3.22. The molecule has 0 aliphatic carbocycles. The molecule has 0 unspecified atom stereocenters. The van der Waals surface area contributed by atoms with Crippen molar-refractivity contribution >= 4 is 11.0 Å². The maximum Gasteiger partial charge on any atom is 0.258 e. The molecule has 0 aliphatic heterocycles. The highest BCUT2D eigenvalue weighted by Gasteiger charge is 2.13. The number of fused-ring (bicyclic) bond motifs is 1. The van der Waals surface area contributed by atoms with Gasteiger partial charge in [0.2, 0.25) is 5.82 Å². The van der Waals surface area contributed by atoms with Gasteiger partial charge < -0.3 is 4.52 Å². The minimum absolute atomic E-state index is 0.263. The Hall–Kier alpha value is -3.02. The lowest BCUT2D eigenvalue weighted by atomic mass is 10.2. The van der Waals surface area contributed by atoms with Crippen molar-refractivity contribution in [3.8, 4) is 22.8 Å². The Balaban J connectivity index is 1.74. The van der Waals surface area contributed by atoms with E-state index < -0.39 is 0 Å². The number of benzene rings is 2. The van der Waals surface area contributed by atoms with Gasteiger partial charge in [-0.1, -0.05) is 40.7 Å². The third-order valence-corrected chi connectivity index (χ3v) is 3.67. The van der Waals surface area contributed by atoms with E-state index in [0.717, 1.165) is 22.2 Å². The Morgan fingerprint density at radius 3 is 2.61 bits per heavy atom. The molecule has 4 rings (SSSR count). The van der Waals surface area contributed by atoms with Gasteiger partial charge in [0.15, 0.2) is 0 Å². The lowest BCUT2D eigenvalue weighted by Crippen LogP contribution is -2.02. The summed E-state index contributed by atoms with van der Waals surface area (Å²) in [6.07, 6.45) is 0. The fourth-order valence-corrected chi connectivity index (χ4v) is 2.50. The molecule has 0 aliphatic rings. The topological polar surface area (TPSA) is 69.6 Å². The predicted octanol–water partition coefficient (Wildman–Crippen LogP) is 3.73. The molecule has 0 N–H and O–H groups in total. The molecule has 2 heterocycles. The van der Waals surface area contributed by atoms with Gasteiger partial charge in [-0.2, -0.15) is 4.98 Å². The SMILES string of the molecule is CC(C)n1nnc2cc(-c3nc(-c4ccccc4)no3)ccc21. The zero-order valence-electron chi connectivity index (χ0n) is 12.8. The van der Waals surface area contributed by atoms with Gasteiger partial charge in [-0.3, -0.25) is 0 Å². The standard InChI is InChI=1S/C17H15N5O/c1-11(2)22-15-9-8-13(10-14(15)19-21-22)17-18-16(20-23-17)12-6-4-3-5-7-12/h3-11H,1-2H3. The summed E-state index contributed by atoms with van der Waals surface area (Å²) in [7, 11) is 0. The van der Waals surface area contributed by atoms with Crippen LogP contribution >= 0.6 is 0 Å². The highest BCUT2D eigenvalue weighted by Crippen LogP contribution is 2.25. The summed E-state index contributed by atoms with van der Waals surface area (Å²) in [4.78, 5) is 4.47. The van der Waals surface area contributed by atoms with Gasteiger partial charge in [0.25, 0.3) is 5.89 Å². The maximum atomic E-state index is 5.39. The molecule has 2 aromatic heterocycles. The number of aromatic nitrogens is 5. The van der Waals surface area contributed by atoms with Crippen molar-refractivity contribution in [2.75, 3.05) is 0 Å². The van der Waals surface area contributed by atoms with E-state index in [-0.39, 0.29) is 6.04 Å². The van der Waals surface area contributed by atoms with Crippen molar-refractivity contribution in [1.82, 2.24) is 25.1 Å². The van der Waals surface area contributed by atoms with E-state index in [0.29, 0.717) is 11.7 Å². The van der Waals surface area contributed by atoms with Crippen LogP contribution in [0.25, 0.3) is 33.9 Å². The Morgan fingerprint density at radius 1 is 1.00 bits per heavy atom. The second kappa shape index (κ2) is 5.31. The maximum absolute atomic E-state index is 5.39. The molecule has 2 aromatic carbocycles. The van der Waals surface area contributed by atoms with Crippen LogP contribution in [0.3, 0.4) is 0 Å². The molecular formula is C17H15N5O. The van der Waals surface area contributed by atoms with Crippen LogP contribution in [0.5, 0.6) is 0 Å². The second-order valence-corrected chi connectivity index (χ2v) is 5.62. The molecule has 0 atom stereocenters. The zero-order chi connectivity index (χ0) is 15.8. The lowest BCUT2D eigenvalue weighted by molar-refractivity contribution is 0.432. The van der Waals surface area contributed by atoms with Gasteiger partial charge in [-0.05, 0) is 32.0 Å². The smallest absolute Gasteiger partial charge is 0.258 e. The highest BCUT2D eigenvalue weighted by atomic mass is 16.5. The number of rotatable bonds is 3. The summed E-state index contributed by atoms with van der Waals surface area (Å²) in [6, 6.07) is 15.9.